The molecule has 7 nitrogen and oxygen atoms in total. The van der Waals surface area contributed by atoms with Gasteiger partial charge in [-0.1, -0.05) is 0 Å². The molecule has 1 aromatic rings. The van der Waals surface area contributed by atoms with Gasteiger partial charge in [0.15, 0.2) is 0 Å². The summed E-state index contributed by atoms with van der Waals surface area (Å²) in [6.07, 6.45) is 1.82. The summed E-state index contributed by atoms with van der Waals surface area (Å²) in [6.45, 7) is 10.6. The topological polar surface area (TPSA) is 66.2 Å². The van der Waals surface area contributed by atoms with E-state index >= 15 is 0 Å². The Bertz CT molecular complexity index is 844. The molecule has 28 heavy (non-hydrogen) atoms. The van der Waals surface area contributed by atoms with Crippen LogP contribution in [0.5, 0.6) is 0 Å². The third-order valence-electron chi connectivity index (χ3n) is 6.10. The normalized spacial score (nSPS) is 25.4. The van der Waals surface area contributed by atoms with Crippen LogP contribution >= 0.6 is 0 Å². The Morgan fingerprint density at radius 2 is 2.18 bits per heavy atom. The standard InChI is InChI=1S/C20H23FN4O3/c1-13(26)23-11-15-12-25(19(27)28-15)14-3-4-17(16(21)9-14)24-7-5-20(6-8-24)10-18(20)22-2/h3-4,9,15,18H,5-8,10-12H2,1H3,(H,23,26)/t15-,18?/m0/s1. The second kappa shape index (κ2) is 6.97. The summed E-state index contributed by atoms with van der Waals surface area (Å²) < 4.78 is 20.0. The molecule has 1 saturated carbocycles. The molecule has 148 valence electrons. The van der Waals surface area contributed by atoms with E-state index in [0.29, 0.717) is 11.4 Å². The summed E-state index contributed by atoms with van der Waals surface area (Å²) in [4.78, 5) is 30.2. The number of nitrogens with one attached hydrogen (secondary N) is 1. The van der Waals surface area contributed by atoms with Gasteiger partial charge in [0.1, 0.15) is 11.9 Å². The zero-order valence-electron chi connectivity index (χ0n) is 15.8. The van der Waals surface area contributed by atoms with Crippen molar-refractivity contribution in [2.24, 2.45) is 5.41 Å². The summed E-state index contributed by atoms with van der Waals surface area (Å²) in [5.41, 5.74) is 1.14. The minimum Gasteiger partial charge on any atom is -0.442 e. The number of halogens is 1. The second-order valence-electron chi connectivity index (χ2n) is 7.89. The van der Waals surface area contributed by atoms with Crippen molar-refractivity contribution in [3.05, 3.63) is 35.4 Å². The second-order valence-corrected chi connectivity index (χ2v) is 7.89. The van der Waals surface area contributed by atoms with Gasteiger partial charge in [0.2, 0.25) is 11.9 Å². The number of piperidine rings is 1. The van der Waals surface area contributed by atoms with Gasteiger partial charge in [-0.2, -0.15) is 0 Å². The molecule has 0 bridgehead atoms. The first-order chi connectivity index (χ1) is 13.4. The number of hydrogen-bond acceptors (Lipinski definition) is 4. The van der Waals surface area contributed by atoms with Gasteiger partial charge in [0.25, 0.3) is 0 Å². The Kier molecular flexibility index (Phi) is 4.61. The maximum absolute atomic E-state index is 14.8. The molecule has 2 heterocycles. The molecular weight excluding hydrogens is 363 g/mol. The van der Waals surface area contributed by atoms with E-state index in [0.717, 1.165) is 32.4 Å². The van der Waals surface area contributed by atoms with Crippen molar-refractivity contribution < 1.29 is 18.7 Å². The third kappa shape index (κ3) is 3.37. The summed E-state index contributed by atoms with van der Waals surface area (Å²) in [5.74, 6) is -0.564. The van der Waals surface area contributed by atoms with Gasteiger partial charge in [-0.25, -0.2) is 15.8 Å². The predicted octanol–water partition coefficient (Wildman–Crippen LogP) is 2.57. The smallest absolute Gasteiger partial charge is 0.414 e. The Morgan fingerprint density at radius 3 is 2.79 bits per heavy atom. The van der Waals surface area contributed by atoms with Crippen LogP contribution in [0.25, 0.3) is 4.85 Å². The molecule has 8 heteroatoms. The summed E-state index contributed by atoms with van der Waals surface area (Å²) in [6, 6.07) is 4.94. The fourth-order valence-electron chi connectivity index (χ4n) is 4.26. The van der Waals surface area contributed by atoms with Crippen molar-refractivity contribution in [2.75, 3.05) is 36.0 Å². The van der Waals surface area contributed by atoms with Crippen LogP contribution in [0.1, 0.15) is 26.2 Å². The molecular formula is C20H23FN4O3. The lowest BCUT2D eigenvalue weighted by atomic mass is 9.92. The minimum absolute atomic E-state index is 0.147. The average Bonchev–Trinajstić information content (AvgIpc) is 3.22. The first kappa shape index (κ1) is 18.5. The minimum atomic E-state index is -0.540. The number of anilines is 2. The van der Waals surface area contributed by atoms with Crippen molar-refractivity contribution in [3.63, 3.8) is 0 Å². The van der Waals surface area contributed by atoms with Crippen LogP contribution in [0.3, 0.4) is 0 Å². The van der Waals surface area contributed by atoms with Crippen LogP contribution in [0, 0.1) is 17.8 Å². The van der Waals surface area contributed by atoms with Crippen LogP contribution in [0.2, 0.25) is 0 Å². The molecule has 1 unspecified atom stereocenters. The maximum atomic E-state index is 14.8. The molecule has 1 spiro atoms. The van der Waals surface area contributed by atoms with Crippen LogP contribution in [0.15, 0.2) is 18.2 Å². The molecule has 3 fully saturated rings. The van der Waals surface area contributed by atoms with Crippen molar-refractivity contribution >= 4 is 23.4 Å². The van der Waals surface area contributed by atoms with E-state index in [-0.39, 0.29) is 36.3 Å². The quantitative estimate of drug-likeness (QED) is 0.808. The highest BCUT2D eigenvalue weighted by Crippen LogP contribution is 2.56. The monoisotopic (exact) mass is 386 g/mol. The third-order valence-corrected chi connectivity index (χ3v) is 6.10. The van der Waals surface area contributed by atoms with Gasteiger partial charge in [-0.05, 0) is 31.0 Å². The van der Waals surface area contributed by atoms with Gasteiger partial charge in [-0.3, -0.25) is 9.69 Å². The van der Waals surface area contributed by atoms with Crippen LogP contribution in [0.4, 0.5) is 20.6 Å². The highest BCUT2D eigenvalue weighted by Gasteiger charge is 2.61. The lowest BCUT2D eigenvalue weighted by molar-refractivity contribution is -0.119. The SMILES string of the molecule is [C-]#[N+]C1CC12CCN(c1ccc(N3C[C@H](CNC(C)=O)OC3=O)cc1F)CC2. The highest BCUT2D eigenvalue weighted by molar-refractivity contribution is 5.90. The van der Waals surface area contributed by atoms with Gasteiger partial charge >= 0.3 is 6.09 Å². The first-order valence-corrected chi connectivity index (χ1v) is 9.55. The molecule has 2 amide bonds. The van der Waals surface area contributed by atoms with E-state index in [9.17, 15) is 14.0 Å². The predicted molar refractivity (Wildman–Crippen MR) is 102 cm³/mol. The summed E-state index contributed by atoms with van der Waals surface area (Å²) in [7, 11) is 0. The van der Waals surface area contributed by atoms with Crippen molar-refractivity contribution in [1.29, 1.82) is 0 Å². The van der Waals surface area contributed by atoms with Crippen LogP contribution < -0.4 is 15.1 Å². The largest absolute Gasteiger partial charge is 0.442 e. The molecule has 2 aliphatic heterocycles. The molecule has 0 radical (unpaired) electrons. The zero-order valence-corrected chi connectivity index (χ0v) is 15.8. The van der Waals surface area contributed by atoms with Crippen molar-refractivity contribution in [1.82, 2.24) is 5.32 Å². The number of amides is 2. The average molecular weight is 386 g/mol. The molecule has 4 rings (SSSR count). The van der Waals surface area contributed by atoms with Gasteiger partial charge in [0, 0.05) is 26.4 Å². The Labute approximate surface area is 163 Å². The summed E-state index contributed by atoms with van der Waals surface area (Å²) in [5, 5.41) is 2.62. The van der Waals surface area contributed by atoms with E-state index in [4.69, 9.17) is 11.3 Å². The van der Waals surface area contributed by atoms with E-state index < -0.39 is 12.2 Å². The number of ether oxygens (including phenoxy) is 1. The highest BCUT2D eigenvalue weighted by atomic mass is 19.1. The van der Waals surface area contributed by atoms with Gasteiger partial charge in [0.05, 0.1) is 29.9 Å². The first-order valence-electron chi connectivity index (χ1n) is 9.55. The van der Waals surface area contributed by atoms with E-state index in [2.05, 4.69) is 10.2 Å². The van der Waals surface area contributed by atoms with Gasteiger partial charge in [-0.15, -0.1) is 0 Å². The number of nitrogens with zero attached hydrogens (tertiary/aromatic N) is 3. The Balaban J connectivity index is 1.40. The van der Waals surface area contributed by atoms with Crippen molar-refractivity contribution in [3.8, 4) is 0 Å². The number of carbonyl (C=O) groups excluding carboxylic acids is 2. The fraction of sp³-hybridized carbons (Fsp3) is 0.550. The maximum Gasteiger partial charge on any atom is 0.414 e. The van der Waals surface area contributed by atoms with E-state index in [1.54, 1.807) is 12.1 Å². The van der Waals surface area contributed by atoms with E-state index in [1.807, 2.05) is 4.90 Å². The number of rotatable bonds is 4. The Hall–Kier alpha value is -2.82. The number of hydrogen-bond donors (Lipinski definition) is 1. The van der Waals surface area contributed by atoms with Crippen LogP contribution in [-0.4, -0.2) is 50.3 Å². The van der Waals surface area contributed by atoms with Crippen molar-refractivity contribution in [2.45, 2.75) is 38.3 Å². The summed E-state index contributed by atoms with van der Waals surface area (Å²) >= 11 is 0. The molecule has 1 N–H and O–H groups in total. The Morgan fingerprint density at radius 1 is 1.43 bits per heavy atom. The lowest BCUT2D eigenvalue weighted by Crippen LogP contribution is -2.36. The number of carbonyl (C=O) groups is 2. The molecule has 1 aromatic carbocycles. The van der Waals surface area contributed by atoms with Gasteiger partial charge < -0.3 is 19.8 Å². The molecule has 3 aliphatic rings. The fourth-order valence-corrected chi connectivity index (χ4v) is 4.26. The number of cyclic esters (lactones) is 1. The zero-order chi connectivity index (χ0) is 19.9. The van der Waals surface area contributed by atoms with Crippen LogP contribution in [-0.2, 0) is 9.53 Å². The lowest BCUT2D eigenvalue weighted by Gasteiger charge is -2.33. The molecule has 0 aromatic heterocycles. The molecule has 1 aliphatic carbocycles. The van der Waals surface area contributed by atoms with E-state index in [1.165, 1.54) is 17.9 Å². The molecule has 2 atom stereocenters. The number of benzene rings is 1. The molecule has 2 saturated heterocycles.